The molecule has 2 rings (SSSR count). The number of aryl methyl sites for hydroxylation is 2. The third-order valence-electron chi connectivity index (χ3n) is 3.56. The summed E-state index contributed by atoms with van der Waals surface area (Å²) in [7, 11) is 0. The van der Waals surface area contributed by atoms with Crippen LogP contribution in [0.4, 0.5) is 4.39 Å². The van der Waals surface area contributed by atoms with Gasteiger partial charge in [0.15, 0.2) is 10.8 Å². The van der Waals surface area contributed by atoms with Crippen molar-refractivity contribution in [3.05, 3.63) is 51.8 Å². The lowest BCUT2D eigenvalue weighted by Gasteiger charge is -2.11. The van der Waals surface area contributed by atoms with E-state index in [1.807, 2.05) is 6.92 Å². The lowest BCUT2D eigenvalue weighted by molar-refractivity contribution is 0.0685. The summed E-state index contributed by atoms with van der Waals surface area (Å²) < 4.78 is 15.7. The van der Waals surface area contributed by atoms with Gasteiger partial charge in [0.25, 0.3) is 0 Å². The first-order valence-corrected chi connectivity index (χ1v) is 7.55. The summed E-state index contributed by atoms with van der Waals surface area (Å²) in [6.45, 7) is 3.82. The molecule has 0 saturated carbocycles. The minimum Gasteiger partial charge on any atom is -0.476 e. The molecule has 0 aliphatic rings. The molecule has 118 valence electrons. The van der Waals surface area contributed by atoms with E-state index in [0.29, 0.717) is 23.4 Å². The van der Waals surface area contributed by atoms with E-state index >= 15 is 0 Å². The van der Waals surface area contributed by atoms with Gasteiger partial charge in [-0.15, -0.1) is 0 Å². The second kappa shape index (κ2) is 6.92. The fourth-order valence-electron chi connectivity index (χ4n) is 2.37. The number of benzene rings is 1. The minimum absolute atomic E-state index is 0.0494. The van der Waals surface area contributed by atoms with Crippen LogP contribution in [0, 0.1) is 12.7 Å². The minimum atomic E-state index is -1.16. The van der Waals surface area contributed by atoms with Gasteiger partial charge in [0.05, 0.1) is 6.54 Å². The van der Waals surface area contributed by atoms with Crippen molar-refractivity contribution < 1.29 is 14.3 Å². The summed E-state index contributed by atoms with van der Waals surface area (Å²) in [4.78, 5) is 15.6. The van der Waals surface area contributed by atoms with Crippen LogP contribution >= 0.6 is 11.6 Å². The summed E-state index contributed by atoms with van der Waals surface area (Å²) in [6.07, 6.45) is 2.42. The number of unbranched alkanes of at least 4 members (excludes halogenated alkanes) is 1. The molecule has 4 nitrogen and oxygen atoms in total. The molecule has 0 spiro atoms. The first-order chi connectivity index (χ1) is 10.5. The fraction of sp³-hybridized carbons (Fsp3) is 0.375. The lowest BCUT2D eigenvalue weighted by Crippen LogP contribution is -2.14. The maximum Gasteiger partial charge on any atom is 0.355 e. The maximum atomic E-state index is 14.2. The van der Waals surface area contributed by atoms with Crippen molar-refractivity contribution in [2.24, 2.45) is 0 Å². The van der Waals surface area contributed by atoms with Gasteiger partial charge in [-0.3, -0.25) is 0 Å². The van der Waals surface area contributed by atoms with E-state index < -0.39 is 5.97 Å². The van der Waals surface area contributed by atoms with Crippen LogP contribution in [0.3, 0.4) is 0 Å². The van der Waals surface area contributed by atoms with Crippen LogP contribution in [-0.4, -0.2) is 20.6 Å². The van der Waals surface area contributed by atoms with Gasteiger partial charge in [0.2, 0.25) is 0 Å². The summed E-state index contributed by atoms with van der Waals surface area (Å²) in [5.74, 6) is -0.913. The van der Waals surface area contributed by atoms with Crippen LogP contribution in [0.25, 0.3) is 0 Å². The Morgan fingerprint density at radius 3 is 2.82 bits per heavy atom. The Kier molecular flexibility index (Phi) is 5.19. The van der Waals surface area contributed by atoms with Gasteiger partial charge in [0.1, 0.15) is 11.6 Å². The van der Waals surface area contributed by atoms with Crippen LogP contribution < -0.4 is 0 Å². The van der Waals surface area contributed by atoms with Gasteiger partial charge in [-0.05, 0) is 18.9 Å². The normalized spacial score (nSPS) is 10.9. The Labute approximate surface area is 133 Å². The van der Waals surface area contributed by atoms with Gasteiger partial charge in [0, 0.05) is 12.0 Å². The first-order valence-electron chi connectivity index (χ1n) is 7.17. The zero-order chi connectivity index (χ0) is 16.3. The number of carboxylic acid groups (broad SMARTS) is 1. The number of nitrogens with zero attached hydrogens (tertiary/aromatic N) is 2. The number of imidazole rings is 1. The molecule has 1 heterocycles. The second-order valence-corrected chi connectivity index (χ2v) is 5.57. The van der Waals surface area contributed by atoms with Crippen molar-refractivity contribution in [2.45, 2.75) is 39.7 Å². The highest BCUT2D eigenvalue weighted by molar-refractivity contribution is 6.32. The van der Waals surface area contributed by atoms with E-state index in [0.717, 1.165) is 12.8 Å². The van der Waals surface area contributed by atoms with Gasteiger partial charge in [-0.25, -0.2) is 14.2 Å². The average molecular weight is 325 g/mol. The van der Waals surface area contributed by atoms with Crippen LogP contribution in [0.1, 0.15) is 47.2 Å². The van der Waals surface area contributed by atoms with Crippen LogP contribution in [0.5, 0.6) is 0 Å². The van der Waals surface area contributed by atoms with Crippen LogP contribution in [0.2, 0.25) is 5.15 Å². The van der Waals surface area contributed by atoms with Crippen LogP contribution in [0.15, 0.2) is 18.2 Å². The SMILES string of the molecule is CCCCc1nc(Cl)c(C(=O)O)n1Cc1cccc(C)c1F. The predicted octanol–water partition coefficient (Wildman–Crippen LogP) is 4.07. The number of aromatic nitrogens is 2. The van der Waals surface area contributed by atoms with Crippen molar-refractivity contribution in [3.8, 4) is 0 Å². The Hall–Kier alpha value is -1.88. The third kappa shape index (κ3) is 3.30. The van der Waals surface area contributed by atoms with E-state index in [1.54, 1.807) is 25.1 Å². The molecular weight excluding hydrogens is 307 g/mol. The largest absolute Gasteiger partial charge is 0.476 e. The molecule has 0 fully saturated rings. The Morgan fingerprint density at radius 1 is 1.45 bits per heavy atom. The van der Waals surface area contributed by atoms with E-state index in [1.165, 1.54) is 4.57 Å². The number of hydrogen-bond donors (Lipinski definition) is 1. The zero-order valence-corrected chi connectivity index (χ0v) is 13.3. The third-order valence-corrected chi connectivity index (χ3v) is 3.82. The number of carbonyl (C=O) groups is 1. The molecular formula is C16H18ClFN2O2. The number of hydrogen-bond acceptors (Lipinski definition) is 2. The van der Waals surface area contributed by atoms with Crippen molar-refractivity contribution in [2.75, 3.05) is 0 Å². The second-order valence-electron chi connectivity index (χ2n) is 5.21. The predicted molar refractivity (Wildman–Crippen MR) is 83.0 cm³/mol. The Morgan fingerprint density at radius 2 is 2.18 bits per heavy atom. The van der Waals surface area contributed by atoms with Crippen molar-refractivity contribution >= 4 is 17.6 Å². The molecule has 0 amide bonds. The molecule has 0 atom stereocenters. The number of aromatic carboxylic acids is 1. The Balaban J connectivity index is 2.47. The molecule has 1 N–H and O–H groups in total. The fourth-order valence-corrected chi connectivity index (χ4v) is 2.65. The molecule has 2 aromatic rings. The average Bonchev–Trinajstić information content (AvgIpc) is 2.77. The monoisotopic (exact) mass is 324 g/mol. The summed E-state index contributed by atoms with van der Waals surface area (Å²) >= 11 is 5.95. The van der Waals surface area contributed by atoms with Gasteiger partial charge in [-0.1, -0.05) is 43.1 Å². The highest BCUT2D eigenvalue weighted by atomic mass is 35.5. The lowest BCUT2D eigenvalue weighted by atomic mass is 10.1. The molecule has 0 unspecified atom stereocenters. The molecule has 1 aromatic carbocycles. The number of rotatable bonds is 6. The van der Waals surface area contributed by atoms with Crippen molar-refractivity contribution in [3.63, 3.8) is 0 Å². The zero-order valence-electron chi connectivity index (χ0n) is 12.6. The van der Waals surface area contributed by atoms with E-state index in [4.69, 9.17) is 11.6 Å². The highest BCUT2D eigenvalue weighted by Crippen LogP contribution is 2.22. The summed E-state index contributed by atoms with van der Waals surface area (Å²) in [5, 5.41) is 9.30. The molecule has 0 radical (unpaired) electrons. The topological polar surface area (TPSA) is 55.1 Å². The number of halogens is 2. The van der Waals surface area contributed by atoms with E-state index in [-0.39, 0.29) is 23.2 Å². The van der Waals surface area contributed by atoms with Crippen molar-refractivity contribution in [1.29, 1.82) is 0 Å². The van der Waals surface area contributed by atoms with E-state index in [2.05, 4.69) is 4.98 Å². The molecule has 0 aliphatic heterocycles. The van der Waals surface area contributed by atoms with Gasteiger partial charge >= 0.3 is 5.97 Å². The standard InChI is InChI=1S/C16H18ClFN2O2/c1-3-4-8-12-19-15(17)14(16(21)22)20(12)9-11-7-5-6-10(2)13(11)18/h5-7H,3-4,8-9H2,1-2H3,(H,21,22). The van der Waals surface area contributed by atoms with Gasteiger partial charge in [-0.2, -0.15) is 0 Å². The summed E-state index contributed by atoms with van der Waals surface area (Å²) in [6, 6.07) is 5.07. The molecule has 0 aliphatic carbocycles. The molecule has 0 saturated heterocycles. The maximum absolute atomic E-state index is 14.2. The molecule has 0 bridgehead atoms. The molecule has 22 heavy (non-hydrogen) atoms. The smallest absolute Gasteiger partial charge is 0.355 e. The highest BCUT2D eigenvalue weighted by Gasteiger charge is 2.22. The van der Waals surface area contributed by atoms with Gasteiger partial charge < -0.3 is 9.67 Å². The number of carboxylic acids is 1. The summed E-state index contributed by atoms with van der Waals surface area (Å²) in [5.41, 5.74) is 0.860. The molecule has 6 heteroatoms. The van der Waals surface area contributed by atoms with E-state index in [9.17, 15) is 14.3 Å². The van der Waals surface area contributed by atoms with Crippen LogP contribution in [-0.2, 0) is 13.0 Å². The molecule has 1 aromatic heterocycles. The van der Waals surface area contributed by atoms with Crippen molar-refractivity contribution in [1.82, 2.24) is 9.55 Å². The Bertz CT molecular complexity index is 698. The first kappa shape index (κ1) is 16.5. The quantitative estimate of drug-likeness (QED) is 0.871.